The van der Waals surface area contributed by atoms with Crippen LogP contribution in [-0.4, -0.2) is 33.4 Å². The van der Waals surface area contributed by atoms with Crippen molar-refractivity contribution >= 4 is 0 Å². The molecule has 1 rings (SSSR count). The summed E-state index contributed by atoms with van der Waals surface area (Å²) >= 11 is 0. The molecule has 3 heteroatoms. The third-order valence-corrected chi connectivity index (χ3v) is 3.21. The van der Waals surface area contributed by atoms with E-state index in [9.17, 15) is 0 Å². The third kappa shape index (κ3) is 5.88. The van der Waals surface area contributed by atoms with Gasteiger partial charge in [0.25, 0.3) is 0 Å². The summed E-state index contributed by atoms with van der Waals surface area (Å²) < 4.78 is 11.2. The van der Waals surface area contributed by atoms with E-state index in [2.05, 4.69) is 19.7 Å². The molecular weight excluding hydrogens is 262 g/mol. The van der Waals surface area contributed by atoms with Gasteiger partial charge in [0.2, 0.25) is 0 Å². The first-order chi connectivity index (χ1) is 10.2. The van der Waals surface area contributed by atoms with Crippen LogP contribution in [0.5, 0.6) is 11.5 Å². The second kappa shape index (κ2) is 9.83. The monoisotopic (exact) mass is 288 g/mol. The number of hydrogen-bond donors (Lipinski definition) is 1. The number of rotatable bonds is 11. The number of allylic oxidation sites excluding steroid dienone is 1. The summed E-state index contributed by atoms with van der Waals surface area (Å²) in [7, 11) is 1.67. The number of ether oxygens (including phenoxy) is 2. The van der Waals surface area contributed by atoms with Crippen LogP contribution in [0.4, 0.5) is 0 Å². The van der Waals surface area contributed by atoms with Gasteiger partial charge >= 0.3 is 0 Å². The van der Waals surface area contributed by atoms with Crippen LogP contribution in [-0.2, 0) is 6.42 Å². The molecule has 3 nitrogen and oxygen atoms in total. The van der Waals surface area contributed by atoms with Crippen molar-refractivity contribution in [3.63, 3.8) is 0 Å². The van der Waals surface area contributed by atoms with Crippen LogP contribution >= 0.6 is 0 Å². The number of benzene rings is 1. The molecule has 0 saturated heterocycles. The van der Waals surface area contributed by atoms with E-state index in [1.165, 1.54) is 4.90 Å². The van der Waals surface area contributed by atoms with Crippen molar-refractivity contribution in [2.24, 2.45) is 0 Å². The summed E-state index contributed by atoms with van der Waals surface area (Å²) in [6, 6.07) is 5.87. The zero-order valence-electron chi connectivity index (χ0n) is 12.9. The standard InChI is InChI=1S/C18H25NO2/c1-5-8-16-15-17(20-4)9-10-18(16)21-14-13-19(11-6-2)12-7-3/h5-7,9-10,15H,1-3,8,11-14H2,4H3/p+1. The van der Waals surface area contributed by atoms with E-state index < -0.39 is 0 Å². The zero-order valence-corrected chi connectivity index (χ0v) is 12.9. The smallest absolute Gasteiger partial charge is 0.137 e. The van der Waals surface area contributed by atoms with Gasteiger partial charge in [-0.1, -0.05) is 19.2 Å². The molecule has 21 heavy (non-hydrogen) atoms. The Morgan fingerprint density at radius 1 is 1.10 bits per heavy atom. The molecule has 1 aromatic rings. The largest absolute Gasteiger partial charge is 0.497 e. The molecule has 0 aromatic heterocycles. The molecule has 0 aliphatic rings. The first kappa shape index (κ1) is 17.1. The third-order valence-electron chi connectivity index (χ3n) is 3.21. The molecule has 0 saturated carbocycles. The van der Waals surface area contributed by atoms with Gasteiger partial charge in [0.05, 0.1) is 20.2 Å². The van der Waals surface area contributed by atoms with Crippen molar-refractivity contribution in [1.29, 1.82) is 0 Å². The minimum absolute atomic E-state index is 0.660. The minimum atomic E-state index is 0.660. The van der Waals surface area contributed by atoms with Crippen LogP contribution in [0.1, 0.15) is 5.56 Å². The lowest BCUT2D eigenvalue weighted by molar-refractivity contribution is -0.888. The highest BCUT2D eigenvalue weighted by Crippen LogP contribution is 2.24. The number of hydrogen-bond acceptors (Lipinski definition) is 2. The topological polar surface area (TPSA) is 22.9 Å². The van der Waals surface area contributed by atoms with E-state index in [1.54, 1.807) is 7.11 Å². The molecule has 0 unspecified atom stereocenters. The molecule has 0 heterocycles. The Balaban J connectivity index is 2.62. The van der Waals surface area contributed by atoms with Crippen molar-refractivity contribution in [1.82, 2.24) is 0 Å². The van der Waals surface area contributed by atoms with E-state index in [4.69, 9.17) is 9.47 Å². The van der Waals surface area contributed by atoms with E-state index in [0.29, 0.717) is 6.61 Å². The Hall–Kier alpha value is -2.00. The molecule has 1 N–H and O–H groups in total. The summed E-state index contributed by atoms with van der Waals surface area (Å²) in [5, 5.41) is 0. The number of nitrogens with one attached hydrogen (secondary N) is 1. The highest BCUT2D eigenvalue weighted by atomic mass is 16.5. The molecule has 0 aliphatic carbocycles. The van der Waals surface area contributed by atoms with Gasteiger partial charge in [-0.15, -0.1) is 6.58 Å². The average Bonchev–Trinajstić information content (AvgIpc) is 2.49. The maximum Gasteiger partial charge on any atom is 0.137 e. The van der Waals surface area contributed by atoms with Crippen molar-refractivity contribution < 1.29 is 14.4 Å². The summed E-state index contributed by atoms with van der Waals surface area (Å²) in [6.45, 7) is 14.8. The van der Waals surface area contributed by atoms with E-state index >= 15 is 0 Å². The number of methoxy groups -OCH3 is 1. The Morgan fingerprint density at radius 2 is 1.81 bits per heavy atom. The highest BCUT2D eigenvalue weighted by Gasteiger charge is 2.08. The second-order valence-electron chi connectivity index (χ2n) is 4.80. The molecule has 0 atom stereocenters. The predicted molar refractivity (Wildman–Crippen MR) is 88.3 cm³/mol. The van der Waals surface area contributed by atoms with E-state index in [0.717, 1.165) is 43.1 Å². The van der Waals surface area contributed by atoms with Gasteiger partial charge in [-0.3, -0.25) is 0 Å². The molecule has 1 aromatic carbocycles. The molecule has 0 radical (unpaired) electrons. The molecule has 0 amide bonds. The Kier molecular flexibility index (Phi) is 7.99. The van der Waals surface area contributed by atoms with Crippen LogP contribution < -0.4 is 14.4 Å². The molecule has 114 valence electrons. The van der Waals surface area contributed by atoms with Crippen molar-refractivity contribution in [2.45, 2.75) is 6.42 Å². The average molecular weight is 288 g/mol. The highest BCUT2D eigenvalue weighted by molar-refractivity contribution is 5.41. The summed E-state index contributed by atoms with van der Waals surface area (Å²) in [5.41, 5.74) is 1.10. The van der Waals surface area contributed by atoms with Gasteiger partial charge in [-0.05, 0) is 36.8 Å². The van der Waals surface area contributed by atoms with E-state index in [-0.39, 0.29) is 0 Å². The summed E-state index contributed by atoms with van der Waals surface area (Å²) in [4.78, 5) is 1.39. The molecule has 0 aliphatic heterocycles. The van der Waals surface area contributed by atoms with Crippen LogP contribution in [0.25, 0.3) is 0 Å². The maximum atomic E-state index is 5.92. The Labute approximate surface area is 128 Å². The van der Waals surface area contributed by atoms with Gasteiger partial charge in [0.15, 0.2) is 0 Å². The van der Waals surface area contributed by atoms with E-state index in [1.807, 2.05) is 36.4 Å². The van der Waals surface area contributed by atoms with Crippen molar-refractivity contribution in [3.05, 3.63) is 61.7 Å². The first-order valence-corrected chi connectivity index (χ1v) is 7.21. The van der Waals surface area contributed by atoms with Gasteiger partial charge in [-0.2, -0.15) is 0 Å². The number of quaternary nitrogens is 1. The molecular formula is C18H26NO2+. The van der Waals surface area contributed by atoms with Gasteiger partial charge in [0.1, 0.15) is 24.7 Å². The first-order valence-electron chi connectivity index (χ1n) is 7.21. The van der Waals surface area contributed by atoms with Crippen LogP contribution in [0.15, 0.2) is 56.2 Å². The van der Waals surface area contributed by atoms with Crippen LogP contribution in [0.2, 0.25) is 0 Å². The van der Waals surface area contributed by atoms with Crippen molar-refractivity contribution in [3.8, 4) is 11.5 Å². The van der Waals surface area contributed by atoms with Crippen LogP contribution in [0.3, 0.4) is 0 Å². The minimum Gasteiger partial charge on any atom is -0.497 e. The quantitative estimate of drug-likeness (QED) is 0.630. The fourth-order valence-corrected chi connectivity index (χ4v) is 2.14. The van der Waals surface area contributed by atoms with Gasteiger partial charge in [0, 0.05) is 5.56 Å². The Morgan fingerprint density at radius 3 is 2.38 bits per heavy atom. The van der Waals surface area contributed by atoms with Crippen LogP contribution in [0, 0.1) is 0 Å². The molecule has 0 bridgehead atoms. The fraction of sp³-hybridized carbons (Fsp3) is 0.333. The lowest BCUT2D eigenvalue weighted by Gasteiger charge is -2.17. The maximum absolute atomic E-state index is 5.92. The fourth-order valence-electron chi connectivity index (χ4n) is 2.14. The van der Waals surface area contributed by atoms with Gasteiger partial charge in [-0.25, -0.2) is 0 Å². The lowest BCUT2D eigenvalue weighted by Crippen LogP contribution is -3.12. The molecule has 0 spiro atoms. The summed E-state index contributed by atoms with van der Waals surface area (Å²) in [6.07, 6.45) is 6.49. The normalized spacial score (nSPS) is 10.2. The SMILES string of the molecule is C=CCc1cc(OC)ccc1OCC[NH+](CC=C)CC=C. The lowest BCUT2D eigenvalue weighted by atomic mass is 10.1. The van der Waals surface area contributed by atoms with Crippen molar-refractivity contribution in [2.75, 3.05) is 33.4 Å². The zero-order chi connectivity index (χ0) is 15.5. The van der Waals surface area contributed by atoms with Gasteiger partial charge < -0.3 is 14.4 Å². The molecule has 0 fully saturated rings. The second-order valence-corrected chi connectivity index (χ2v) is 4.80. The predicted octanol–water partition coefficient (Wildman–Crippen LogP) is 2.06. The summed E-state index contributed by atoms with van der Waals surface area (Å²) in [5.74, 6) is 1.73. The Bertz CT molecular complexity index is 458.